The lowest BCUT2D eigenvalue weighted by molar-refractivity contribution is -0.142. The number of nitriles is 1. The maximum absolute atomic E-state index is 12.0. The van der Waals surface area contributed by atoms with Crippen molar-refractivity contribution in [1.29, 1.82) is 5.26 Å². The Morgan fingerprint density at radius 3 is 2.96 bits per heavy atom. The van der Waals surface area contributed by atoms with Gasteiger partial charge in [0.25, 0.3) is 0 Å². The van der Waals surface area contributed by atoms with E-state index in [4.69, 9.17) is 9.72 Å². The van der Waals surface area contributed by atoms with Gasteiger partial charge in [0.05, 0.1) is 12.2 Å². The van der Waals surface area contributed by atoms with E-state index in [2.05, 4.69) is 12.1 Å². The topological polar surface area (TPSA) is 63.0 Å². The summed E-state index contributed by atoms with van der Waals surface area (Å²) in [6.07, 6.45) is 4.14. The van der Waals surface area contributed by atoms with E-state index in [9.17, 15) is 10.1 Å². The summed E-state index contributed by atoms with van der Waals surface area (Å²) in [7, 11) is 0. The van der Waals surface area contributed by atoms with Crippen LogP contribution in [-0.4, -0.2) is 22.8 Å². The van der Waals surface area contributed by atoms with Gasteiger partial charge in [-0.05, 0) is 56.5 Å². The van der Waals surface area contributed by atoms with Gasteiger partial charge in [-0.1, -0.05) is 17.8 Å². The molecule has 4 nitrogen and oxygen atoms in total. The van der Waals surface area contributed by atoms with Gasteiger partial charge in [0.2, 0.25) is 0 Å². The summed E-state index contributed by atoms with van der Waals surface area (Å²) in [6, 6.07) is 6.41. The number of hydrogen-bond acceptors (Lipinski definition) is 6. The summed E-state index contributed by atoms with van der Waals surface area (Å²) in [4.78, 5) is 17.9. The van der Waals surface area contributed by atoms with Crippen LogP contribution in [0.25, 0.3) is 10.4 Å². The molecule has 6 heteroatoms. The number of rotatable bonds is 5. The molecule has 130 valence electrons. The molecule has 2 aromatic rings. The zero-order valence-corrected chi connectivity index (χ0v) is 16.0. The molecule has 0 aliphatic heterocycles. The number of ether oxygens (including phenoxy) is 1. The second-order valence-corrected chi connectivity index (χ2v) is 8.18. The molecule has 3 rings (SSSR count). The average Bonchev–Trinajstić information content (AvgIpc) is 3.14. The second-order valence-electron chi connectivity index (χ2n) is 5.90. The Morgan fingerprint density at radius 2 is 2.28 bits per heavy atom. The molecule has 0 radical (unpaired) electrons. The van der Waals surface area contributed by atoms with E-state index in [1.807, 2.05) is 11.4 Å². The molecule has 2 aromatic heterocycles. The molecule has 0 amide bonds. The number of pyridine rings is 1. The van der Waals surface area contributed by atoms with Crippen LogP contribution in [0.4, 0.5) is 0 Å². The van der Waals surface area contributed by atoms with Gasteiger partial charge in [-0.25, -0.2) is 4.98 Å². The zero-order chi connectivity index (χ0) is 17.8. The quantitative estimate of drug-likeness (QED) is 0.567. The van der Waals surface area contributed by atoms with Gasteiger partial charge in [-0.15, -0.1) is 11.3 Å². The van der Waals surface area contributed by atoms with Gasteiger partial charge in [-0.3, -0.25) is 4.79 Å². The minimum Gasteiger partial charge on any atom is -0.465 e. The second kappa shape index (κ2) is 8.03. The minimum atomic E-state index is -0.391. The molecule has 0 aromatic carbocycles. The van der Waals surface area contributed by atoms with Crippen molar-refractivity contribution in [1.82, 2.24) is 4.98 Å². The maximum atomic E-state index is 12.0. The van der Waals surface area contributed by atoms with Crippen LogP contribution in [0.1, 0.15) is 43.5 Å². The zero-order valence-electron chi connectivity index (χ0n) is 14.4. The van der Waals surface area contributed by atoms with E-state index in [1.165, 1.54) is 17.3 Å². The fraction of sp³-hybridized carbons (Fsp3) is 0.421. The summed E-state index contributed by atoms with van der Waals surface area (Å²) in [5, 5.41) is 12.1. The van der Waals surface area contributed by atoms with Crippen LogP contribution in [0.5, 0.6) is 0 Å². The summed E-state index contributed by atoms with van der Waals surface area (Å²) >= 11 is 2.96. The van der Waals surface area contributed by atoms with Crippen LogP contribution in [-0.2, 0) is 22.4 Å². The Kier molecular flexibility index (Phi) is 5.77. The third kappa shape index (κ3) is 3.73. The molecular formula is C19H20N2O2S2. The first-order chi connectivity index (χ1) is 12.2. The number of carbonyl (C=O) groups excluding carboxylic acids is 1. The number of nitrogens with zero attached hydrogens (tertiary/aromatic N) is 2. The smallest absolute Gasteiger partial charge is 0.319 e. The van der Waals surface area contributed by atoms with Crippen LogP contribution in [0, 0.1) is 11.3 Å². The van der Waals surface area contributed by atoms with Crippen molar-refractivity contribution in [3.8, 4) is 16.5 Å². The third-order valence-electron chi connectivity index (χ3n) is 4.23. The van der Waals surface area contributed by atoms with E-state index in [-0.39, 0.29) is 5.97 Å². The Morgan fingerprint density at radius 1 is 1.48 bits per heavy atom. The lowest BCUT2D eigenvalue weighted by atomic mass is 9.89. The van der Waals surface area contributed by atoms with Gasteiger partial charge >= 0.3 is 5.97 Å². The number of esters is 1. The highest BCUT2D eigenvalue weighted by Crippen LogP contribution is 2.40. The molecule has 0 bridgehead atoms. The molecule has 0 spiro atoms. The van der Waals surface area contributed by atoms with Crippen molar-refractivity contribution in [2.45, 2.75) is 49.8 Å². The number of aromatic nitrogens is 1. The van der Waals surface area contributed by atoms with E-state index in [1.54, 1.807) is 25.2 Å². The number of hydrogen-bond donors (Lipinski definition) is 0. The highest BCUT2D eigenvalue weighted by Gasteiger charge is 2.26. The van der Waals surface area contributed by atoms with Gasteiger partial charge in [0, 0.05) is 16.1 Å². The van der Waals surface area contributed by atoms with Crippen LogP contribution in [0.3, 0.4) is 0 Å². The summed E-state index contributed by atoms with van der Waals surface area (Å²) in [5.74, 6) is -0.270. The standard InChI is InChI=1S/C19H20N2O2S2/c1-3-23-19(22)12(2)25-18-14(11-20)17(16-9-6-10-24-16)13-7-4-5-8-15(13)21-18/h6,9-10,12H,3-5,7-8H2,1-2H3/t12-/m1/s1. The first kappa shape index (κ1) is 18.0. The Bertz CT molecular complexity index is 810. The van der Waals surface area contributed by atoms with Gasteiger partial charge in [-0.2, -0.15) is 5.26 Å². The molecule has 0 fully saturated rings. The van der Waals surface area contributed by atoms with Crippen LogP contribution >= 0.6 is 23.1 Å². The fourth-order valence-corrected chi connectivity index (χ4v) is 4.81. The SMILES string of the molecule is CCOC(=O)[C@@H](C)Sc1nc2c(c(-c3cccs3)c1C#N)CCCC2. The van der Waals surface area contributed by atoms with Crippen LogP contribution in [0.2, 0.25) is 0 Å². The van der Waals surface area contributed by atoms with Crippen molar-refractivity contribution in [3.05, 3.63) is 34.3 Å². The van der Waals surface area contributed by atoms with Crippen molar-refractivity contribution in [2.24, 2.45) is 0 Å². The molecule has 25 heavy (non-hydrogen) atoms. The Labute approximate surface area is 156 Å². The van der Waals surface area contributed by atoms with E-state index >= 15 is 0 Å². The van der Waals surface area contributed by atoms with Crippen molar-refractivity contribution >= 4 is 29.1 Å². The number of thiophene rings is 1. The summed E-state index contributed by atoms with van der Waals surface area (Å²) in [6.45, 7) is 3.95. The lowest BCUT2D eigenvalue weighted by Gasteiger charge is -2.22. The predicted molar refractivity (Wildman–Crippen MR) is 101 cm³/mol. The Balaban J connectivity index is 2.08. The number of fused-ring (bicyclic) bond motifs is 1. The largest absolute Gasteiger partial charge is 0.465 e. The van der Waals surface area contributed by atoms with Gasteiger partial charge in [0.15, 0.2) is 0 Å². The number of aryl methyl sites for hydroxylation is 1. The monoisotopic (exact) mass is 372 g/mol. The van der Waals surface area contributed by atoms with Gasteiger partial charge in [0.1, 0.15) is 16.3 Å². The minimum absolute atomic E-state index is 0.270. The third-order valence-corrected chi connectivity index (χ3v) is 6.18. The van der Waals surface area contributed by atoms with E-state index in [0.29, 0.717) is 17.2 Å². The number of carbonyl (C=O) groups is 1. The molecule has 0 unspecified atom stereocenters. The first-order valence-electron chi connectivity index (χ1n) is 8.48. The normalized spacial score (nSPS) is 14.4. The highest BCUT2D eigenvalue weighted by molar-refractivity contribution is 8.00. The molecule has 0 saturated heterocycles. The maximum Gasteiger partial charge on any atom is 0.319 e. The Hall–Kier alpha value is -1.84. The fourth-order valence-electron chi connectivity index (χ4n) is 3.08. The predicted octanol–water partition coefficient (Wildman–Crippen LogP) is 4.60. The molecule has 0 saturated carbocycles. The van der Waals surface area contributed by atoms with E-state index < -0.39 is 5.25 Å². The van der Waals surface area contributed by atoms with Gasteiger partial charge < -0.3 is 4.74 Å². The van der Waals surface area contributed by atoms with Crippen molar-refractivity contribution < 1.29 is 9.53 Å². The highest BCUT2D eigenvalue weighted by atomic mass is 32.2. The van der Waals surface area contributed by atoms with Crippen LogP contribution < -0.4 is 0 Å². The first-order valence-corrected chi connectivity index (χ1v) is 10.2. The van der Waals surface area contributed by atoms with Crippen molar-refractivity contribution in [2.75, 3.05) is 6.61 Å². The van der Waals surface area contributed by atoms with Crippen molar-refractivity contribution in [3.63, 3.8) is 0 Å². The summed E-state index contributed by atoms with van der Waals surface area (Å²) in [5.41, 5.74) is 3.88. The molecule has 2 heterocycles. The number of thioether (sulfide) groups is 1. The molecule has 1 aliphatic rings. The average molecular weight is 373 g/mol. The molecule has 1 aliphatic carbocycles. The lowest BCUT2D eigenvalue weighted by Crippen LogP contribution is -2.18. The van der Waals surface area contributed by atoms with E-state index in [0.717, 1.165) is 41.8 Å². The molecular weight excluding hydrogens is 352 g/mol. The molecule has 0 N–H and O–H groups in total. The summed E-state index contributed by atoms with van der Waals surface area (Å²) < 4.78 is 5.10. The molecule has 1 atom stereocenters. The van der Waals surface area contributed by atoms with Crippen LogP contribution in [0.15, 0.2) is 22.5 Å².